The summed E-state index contributed by atoms with van der Waals surface area (Å²) in [5.74, 6) is 0.396. The zero-order chi connectivity index (χ0) is 20.6. The van der Waals surface area contributed by atoms with E-state index in [2.05, 4.69) is 4.99 Å². The number of aliphatic imine (C=N–C) groups is 1. The van der Waals surface area contributed by atoms with Gasteiger partial charge in [-0.3, -0.25) is 19.8 Å². The number of non-ortho nitro benzene ring substituents is 1. The smallest absolute Gasteiger partial charge is 0.295 e. The summed E-state index contributed by atoms with van der Waals surface area (Å²) in [6.07, 6.45) is 1.59. The molecular formula is C21H21N3O4. The van der Waals surface area contributed by atoms with E-state index < -0.39 is 10.8 Å². The number of nitro groups is 1. The average Bonchev–Trinajstić information content (AvgIpc) is 2.88. The number of amides is 1. The first-order chi connectivity index (χ1) is 13.2. The molecule has 28 heavy (non-hydrogen) atoms. The van der Waals surface area contributed by atoms with Crippen molar-refractivity contribution in [1.29, 1.82) is 0 Å². The minimum Gasteiger partial charge on any atom is -0.508 e. The molecule has 1 N–H and O–H groups in total. The van der Waals surface area contributed by atoms with Crippen LogP contribution >= 0.6 is 0 Å². The molecule has 0 aliphatic carbocycles. The minimum atomic E-state index is -0.475. The van der Waals surface area contributed by atoms with Gasteiger partial charge in [0, 0.05) is 12.1 Å². The monoisotopic (exact) mass is 379 g/mol. The van der Waals surface area contributed by atoms with Crippen LogP contribution in [0.5, 0.6) is 5.75 Å². The molecule has 7 heteroatoms. The number of nitrogens with zero attached hydrogens (tertiary/aromatic N) is 3. The number of hydrogen-bond acceptors (Lipinski definition) is 5. The lowest BCUT2D eigenvalue weighted by atomic mass is 9.98. The predicted molar refractivity (Wildman–Crippen MR) is 109 cm³/mol. The third-order valence-corrected chi connectivity index (χ3v) is 4.64. The largest absolute Gasteiger partial charge is 0.508 e. The number of aromatic hydroxyl groups is 1. The Morgan fingerprint density at radius 3 is 2.57 bits per heavy atom. The third-order valence-electron chi connectivity index (χ3n) is 4.64. The maximum Gasteiger partial charge on any atom is 0.295 e. The van der Waals surface area contributed by atoms with Gasteiger partial charge in [0.05, 0.1) is 10.6 Å². The molecule has 0 aromatic heterocycles. The van der Waals surface area contributed by atoms with Gasteiger partial charge in [-0.2, -0.15) is 4.99 Å². The molecule has 0 spiro atoms. The summed E-state index contributed by atoms with van der Waals surface area (Å²) < 4.78 is 0. The number of aryl methyl sites for hydroxylation is 1. The molecule has 0 radical (unpaired) electrons. The molecule has 1 aliphatic rings. The normalized spacial score (nSPS) is 15.5. The van der Waals surface area contributed by atoms with Gasteiger partial charge in [0.25, 0.3) is 11.6 Å². The van der Waals surface area contributed by atoms with Crippen LogP contribution in [-0.4, -0.2) is 21.8 Å². The number of anilines is 1. The fourth-order valence-corrected chi connectivity index (χ4v) is 3.24. The van der Waals surface area contributed by atoms with Crippen molar-refractivity contribution in [2.45, 2.75) is 33.6 Å². The van der Waals surface area contributed by atoms with Crippen LogP contribution in [-0.2, 0) is 4.79 Å². The van der Waals surface area contributed by atoms with E-state index in [1.165, 1.54) is 12.1 Å². The number of phenols is 1. The zero-order valence-corrected chi connectivity index (χ0v) is 16.1. The molecule has 2 aromatic carbocycles. The first kappa shape index (κ1) is 19.3. The molecule has 0 bridgehead atoms. The summed E-state index contributed by atoms with van der Waals surface area (Å²) in [4.78, 5) is 28.8. The first-order valence-electron chi connectivity index (χ1n) is 8.88. The molecular weight excluding hydrogens is 358 g/mol. The van der Waals surface area contributed by atoms with Crippen LogP contribution in [0.25, 0.3) is 6.08 Å². The summed E-state index contributed by atoms with van der Waals surface area (Å²) >= 11 is 0. The third kappa shape index (κ3) is 3.51. The number of phenolic OH excluding ortho intramolecular Hbond substituents is 1. The van der Waals surface area contributed by atoms with Gasteiger partial charge in [-0.15, -0.1) is 0 Å². The van der Waals surface area contributed by atoms with Crippen LogP contribution in [0.3, 0.4) is 0 Å². The predicted octanol–water partition coefficient (Wildman–Crippen LogP) is 4.54. The number of rotatable bonds is 4. The Kier molecular flexibility index (Phi) is 5.00. The van der Waals surface area contributed by atoms with Gasteiger partial charge < -0.3 is 5.11 Å². The lowest BCUT2D eigenvalue weighted by Crippen LogP contribution is -2.25. The van der Waals surface area contributed by atoms with Crippen molar-refractivity contribution >= 4 is 29.2 Å². The SMILES string of the molecule is CC1=NC(=O)/C(=C\c2cccc([N+](=O)[O-])c2)N1c1cc(C(C)C)c(O)cc1C. The van der Waals surface area contributed by atoms with Crippen molar-refractivity contribution in [3.63, 3.8) is 0 Å². The molecule has 2 aromatic rings. The zero-order valence-electron chi connectivity index (χ0n) is 16.1. The molecule has 0 saturated heterocycles. The first-order valence-corrected chi connectivity index (χ1v) is 8.88. The Bertz CT molecular complexity index is 1040. The quantitative estimate of drug-likeness (QED) is 0.478. The Morgan fingerprint density at radius 2 is 1.93 bits per heavy atom. The van der Waals surface area contributed by atoms with E-state index in [9.17, 15) is 20.0 Å². The Hall–Kier alpha value is -3.48. The second-order valence-corrected chi connectivity index (χ2v) is 7.03. The molecule has 1 amide bonds. The summed E-state index contributed by atoms with van der Waals surface area (Å²) in [6.45, 7) is 7.53. The number of carbonyl (C=O) groups excluding carboxylic acids is 1. The number of amidine groups is 1. The highest BCUT2D eigenvalue weighted by Gasteiger charge is 2.30. The van der Waals surface area contributed by atoms with Crippen LogP contribution in [0, 0.1) is 17.0 Å². The highest BCUT2D eigenvalue weighted by Crippen LogP contribution is 2.36. The Balaban J connectivity index is 2.13. The lowest BCUT2D eigenvalue weighted by Gasteiger charge is -2.24. The van der Waals surface area contributed by atoms with Crippen LogP contribution in [0.4, 0.5) is 11.4 Å². The molecule has 1 aliphatic heterocycles. The Labute approximate surface area is 162 Å². The van der Waals surface area contributed by atoms with E-state index in [0.717, 1.165) is 16.8 Å². The van der Waals surface area contributed by atoms with Gasteiger partial charge >= 0.3 is 0 Å². The minimum absolute atomic E-state index is 0.0492. The summed E-state index contributed by atoms with van der Waals surface area (Å²) in [5, 5.41) is 21.3. The fraction of sp³-hybridized carbons (Fsp3) is 0.238. The molecule has 0 unspecified atom stereocenters. The second kappa shape index (κ2) is 7.26. The molecule has 0 saturated carbocycles. The molecule has 144 valence electrons. The van der Waals surface area contributed by atoms with E-state index in [0.29, 0.717) is 17.1 Å². The van der Waals surface area contributed by atoms with Crippen molar-refractivity contribution in [3.05, 3.63) is 68.9 Å². The van der Waals surface area contributed by atoms with E-state index in [-0.39, 0.29) is 17.4 Å². The molecule has 0 atom stereocenters. The summed E-state index contributed by atoms with van der Waals surface area (Å²) in [6, 6.07) is 9.61. The van der Waals surface area contributed by atoms with Crippen molar-refractivity contribution in [1.82, 2.24) is 0 Å². The van der Waals surface area contributed by atoms with E-state index in [4.69, 9.17) is 0 Å². The van der Waals surface area contributed by atoms with Crippen LogP contribution in [0.2, 0.25) is 0 Å². The number of hydrogen-bond donors (Lipinski definition) is 1. The topological polar surface area (TPSA) is 96.0 Å². The Morgan fingerprint density at radius 1 is 1.21 bits per heavy atom. The highest BCUT2D eigenvalue weighted by molar-refractivity contribution is 6.22. The number of nitro benzene ring substituents is 1. The second-order valence-electron chi connectivity index (χ2n) is 7.03. The maximum absolute atomic E-state index is 12.5. The van der Waals surface area contributed by atoms with Crippen molar-refractivity contribution in [2.75, 3.05) is 4.90 Å². The van der Waals surface area contributed by atoms with E-state index in [1.807, 2.05) is 26.8 Å². The van der Waals surface area contributed by atoms with Gasteiger partial charge in [0.15, 0.2) is 0 Å². The molecule has 3 rings (SSSR count). The summed E-state index contributed by atoms with van der Waals surface area (Å²) in [7, 11) is 0. The van der Waals surface area contributed by atoms with Gasteiger partial charge in [0.2, 0.25) is 0 Å². The molecule has 1 heterocycles. The molecule has 7 nitrogen and oxygen atoms in total. The average molecular weight is 379 g/mol. The lowest BCUT2D eigenvalue weighted by molar-refractivity contribution is -0.384. The van der Waals surface area contributed by atoms with Crippen molar-refractivity contribution in [3.8, 4) is 5.75 Å². The van der Waals surface area contributed by atoms with Crippen LogP contribution in [0.15, 0.2) is 47.1 Å². The number of carbonyl (C=O) groups is 1. The molecule has 0 fully saturated rings. The summed E-state index contributed by atoms with van der Waals surface area (Å²) in [5.41, 5.74) is 3.09. The van der Waals surface area contributed by atoms with Crippen LogP contribution in [0.1, 0.15) is 43.4 Å². The maximum atomic E-state index is 12.5. The van der Waals surface area contributed by atoms with Gasteiger partial charge in [-0.1, -0.05) is 26.0 Å². The van der Waals surface area contributed by atoms with Gasteiger partial charge in [-0.05, 0) is 54.7 Å². The number of benzene rings is 2. The highest BCUT2D eigenvalue weighted by atomic mass is 16.6. The fourth-order valence-electron chi connectivity index (χ4n) is 3.24. The van der Waals surface area contributed by atoms with E-state index >= 15 is 0 Å². The van der Waals surface area contributed by atoms with Crippen LogP contribution < -0.4 is 4.90 Å². The van der Waals surface area contributed by atoms with Crippen molar-refractivity contribution < 1.29 is 14.8 Å². The van der Waals surface area contributed by atoms with E-state index in [1.54, 1.807) is 36.1 Å². The van der Waals surface area contributed by atoms with Gasteiger partial charge in [0.1, 0.15) is 17.3 Å². The van der Waals surface area contributed by atoms with Crippen molar-refractivity contribution in [2.24, 2.45) is 4.99 Å². The standard InChI is InChI=1S/C21H21N3O4/c1-12(2)17-11-18(13(3)8-20(17)25)23-14(4)22-21(26)19(23)10-15-6-5-7-16(9-15)24(27)28/h5-12,25H,1-4H3/b19-10+. The van der Waals surface area contributed by atoms with Gasteiger partial charge in [-0.25, -0.2) is 0 Å².